The molecule has 4 rings (SSSR count). The van der Waals surface area contributed by atoms with Crippen LogP contribution in [0.4, 0.5) is 5.69 Å². The Morgan fingerprint density at radius 1 is 1.06 bits per heavy atom. The lowest BCUT2D eigenvalue weighted by atomic mass is 9.96. The van der Waals surface area contributed by atoms with Gasteiger partial charge >= 0.3 is 0 Å². The maximum Gasteiger partial charge on any atom is 0.225 e. The molecule has 1 unspecified atom stereocenters. The number of nitrogens with zero attached hydrogens (tertiary/aromatic N) is 3. The molecule has 0 radical (unpaired) electrons. The number of hydrogen-bond acceptors (Lipinski definition) is 4. The van der Waals surface area contributed by atoms with Crippen molar-refractivity contribution in [2.75, 3.05) is 17.2 Å². The standard InChI is InChI=1S/C26H33N3O2S/c1-3-18-28-25(19-32-26(28)27-21-10-6-4-7-11-21)29(20(2)30)22-14-16-24(17-15-22)31-23-12-8-5-9-13-23/h5,8-9,12-17,21,25H,3-4,6-7,10-11,18-19H2,1-2H3. The molecule has 1 atom stereocenters. The number of aliphatic imine (C=N–C) groups is 1. The van der Waals surface area contributed by atoms with E-state index >= 15 is 0 Å². The van der Waals surface area contributed by atoms with Crippen LogP contribution >= 0.6 is 11.8 Å². The van der Waals surface area contributed by atoms with Crippen LogP contribution in [0.25, 0.3) is 0 Å². The zero-order valence-corrected chi connectivity index (χ0v) is 19.9. The minimum atomic E-state index is -0.0133. The largest absolute Gasteiger partial charge is 0.457 e. The van der Waals surface area contributed by atoms with E-state index in [-0.39, 0.29) is 12.1 Å². The average molecular weight is 452 g/mol. The molecule has 1 aliphatic carbocycles. The van der Waals surface area contributed by atoms with Gasteiger partial charge in [0.2, 0.25) is 5.91 Å². The highest BCUT2D eigenvalue weighted by Crippen LogP contribution is 2.33. The first-order chi connectivity index (χ1) is 15.7. The van der Waals surface area contributed by atoms with Gasteiger partial charge in [0.1, 0.15) is 17.7 Å². The minimum absolute atomic E-state index is 0.0133. The molecule has 2 aliphatic rings. The van der Waals surface area contributed by atoms with Crippen LogP contribution in [0.15, 0.2) is 59.6 Å². The molecule has 0 bridgehead atoms. The molecule has 1 amide bonds. The van der Waals surface area contributed by atoms with Crippen molar-refractivity contribution in [3.05, 3.63) is 54.6 Å². The first-order valence-electron chi connectivity index (χ1n) is 11.8. The summed E-state index contributed by atoms with van der Waals surface area (Å²) in [4.78, 5) is 22.2. The zero-order valence-electron chi connectivity index (χ0n) is 19.1. The summed E-state index contributed by atoms with van der Waals surface area (Å²) in [5, 5.41) is 1.11. The summed E-state index contributed by atoms with van der Waals surface area (Å²) >= 11 is 1.79. The van der Waals surface area contributed by atoms with Gasteiger partial charge < -0.3 is 9.64 Å². The number of rotatable bonds is 7. The van der Waals surface area contributed by atoms with Crippen LogP contribution in [0, 0.1) is 0 Å². The fourth-order valence-electron chi connectivity index (χ4n) is 4.49. The van der Waals surface area contributed by atoms with Gasteiger partial charge in [-0.25, -0.2) is 0 Å². The van der Waals surface area contributed by atoms with Gasteiger partial charge in [-0.05, 0) is 55.7 Å². The summed E-state index contributed by atoms with van der Waals surface area (Å²) in [7, 11) is 0. The Morgan fingerprint density at radius 3 is 2.41 bits per heavy atom. The molecule has 2 fully saturated rings. The number of para-hydroxylation sites is 1. The quantitative estimate of drug-likeness (QED) is 0.495. The van der Waals surface area contributed by atoms with Crippen LogP contribution in [-0.2, 0) is 4.79 Å². The van der Waals surface area contributed by atoms with Gasteiger partial charge in [-0.15, -0.1) is 0 Å². The van der Waals surface area contributed by atoms with Gasteiger partial charge in [0.15, 0.2) is 5.17 Å². The summed E-state index contributed by atoms with van der Waals surface area (Å²) < 4.78 is 5.92. The maximum absolute atomic E-state index is 12.8. The number of amidine groups is 1. The Labute approximate surface area is 195 Å². The second kappa shape index (κ2) is 10.9. The lowest BCUT2D eigenvalue weighted by molar-refractivity contribution is -0.117. The molecule has 0 spiro atoms. The van der Waals surface area contributed by atoms with Gasteiger partial charge in [0.05, 0.1) is 6.04 Å². The topological polar surface area (TPSA) is 45.1 Å². The van der Waals surface area contributed by atoms with Gasteiger partial charge in [-0.1, -0.05) is 56.1 Å². The molecule has 170 valence electrons. The molecule has 0 aromatic heterocycles. The van der Waals surface area contributed by atoms with Crippen molar-refractivity contribution in [2.45, 2.75) is 64.6 Å². The number of amides is 1. The van der Waals surface area contributed by atoms with Crippen molar-refractivity contribution in [2.24, 2.45) is 4.99 Å². The summed E-state index contributed by atoms with van der Waals surface area (Å²) in [6.07, 6.45) is 7.28. The number of hydrogen-bond donors (Lipinski definition) is 0. The van der Waals surface area contributed by atoms with Crippen LogP contribution in [0.1, 0.15) is 52.4 Å². The average Bonchev–Trinajstić information content (AvgIpc) is 3.18. The molecule has 32 heavy (non-hydrogen) atoms. The van der Waals surface area contributed by atoms with Crippen molar-refractivity contribution in [3.63, 3.8) is 0 Å². The molecular formula is C26H33N3O2S. The Morgan fingerprint density at radius 2 is 1.75 bits per heavy atom. The molecule has 1 heterocycles. The van der Waals surface area contributed by atoms with E-state index in [0.29, 0.717) is 6.04 Å². The number of ether oxygens (including phenoxy) is 1. The molecule has 2 aromatic rings. The Hall–Kier alpha value is -2.47. The van der Waals surface area contributed by atoms with Crippen molar-refractivity contribution in [1.82, 2.24) is 4.90 Å². The number of anilines is 1. The summed E-state index contributed by atoms with van der Waals surface area (Å²) in [6, 6.07) is 18.0. The molecule has 0 N–H and O–H groups in total. The Balaban J connectivity index is 1.53. The fraction of sp³-hybridized carbons (Fsp3) is 0.462. The monoisotopic (exact) mass is 451 g/mol. The van der Waals surface area contributed by atoms with Crippen LogP contribution < -0.4 is 9.64 Å². The van der Waals surface area contributed by atoms with Gasteiger partial charge in [-0.2, -0.15) is 0 Å². The summed E-state index contributed by atoms with van der Waals surface area (Å²) in [5.41, 5.74) is 0.892. The van der Waals surface area contributed by atoms with Gasteiger partial charge in [0, 0.05) is 24.9 Å². The summed E-state index contributed by atoms with van der Waals surface area (Å²) in [6.45, 7) is 4.74. The number of thioether (sulfide) groups is 1. The van der Waals surface area contributed by atoms with E-state index in [1.165, 1.54) is 32.1 Å². The Bertz CT molecular complexity index is 910. The van der Waals surface area contributed by atoms with Crippen LogP contribution in [0.2, 0.25) is 0 Å². The SMILES string of the molecule is CCCN1C(=NC2CCCCC2)SCC1N(C(C)=O)c1ccc(Oc2ccccc2)cc1. The predicted octanol–water partition coefficient (Wildman–Crippen LogP) is 6.31. The highest BCUT2D eigenvalue weighted by atomic mass is 32.2. The maximum atomic E-state index is 12.8. The first kappa shape index (κ1) is 22.7. The lowest BCUT2D eigenvalue weighted by Gasteiger charge is -2.35. The zero-order chi connectivity index (χ0) is 22.3. The predicted molar refractivity (Wildman–Crippen MR) is 134 cm³/mol. The molecule has 2 aromatic carbocycles. The minimum Gasteiger partial charge on any atom is -0.457 e. The molecule has 1 saturated carbocycles. The highest BCUT2D eigenvalue weighted by Gasteiger charge is 2.36. The molecule has 1 aliphatic heterocycles. The highest BCUT2D eigenvalue weighted by molar-refractivity contribution is 8.14. The third-order valence-corrected chi connectivity index (χ3v) is 7.09. The fourth-order valence-corrected chi connectivity index (χ4v) is 5.72. The van der Waals surface area contributed by atoms with Crippen LogP contribution in [0.3, 0.4) is 0 Å². The van der Waals surface area contributed by atoms with E-state index in [4.69, 9.17) is 9.73 Å². The van der Waals surface area contributed by atoms with Crippen LogP contribution in [-0.4, -0.2) is 40.5 Å². The van der Waals surface area contributed by atoms with E-state index in [0.717, 1.165) is 41.1 Å². The third kappa shape index (κ3) is 5.47. The van der Waals surface area contributed by atoms with Crippen LogP contribution in [0.5, 0.6) is 11.5 Å². The second-order valence-corrected chi connectivity index (χ2v) is 9.47. The van der Waals surface area contributed by atoms with Crippen molar-refractivity contribution < 1.29 is 9.53 Å². The normalized spacial score (nSPS) is 20.5. The van der Waals surface area contributed by atoms with Crippen molar-refractivity contribution in [1.29, 1.82) is 0 Å². The third-order valence-electron chi connectivity index (χ3n) is 6.03. The molecule has 1 saturated heterocycles. The molecule has 6 heteroatoms. The lowest BCUT2D eigenvalue weighted by Crippen LogP contribution is -2.50. The first-order valence-corrected chi connectivity index (χ1v) is 12.7. The summed E-state index contributed by atoms with van der Waals surface area (Å²) in [5.74, 6) is 2.45. The van der Waals surface area contributed by atoms with Gasteiger partial charge in [-0.3, -0.25) is 14.7 Å². The smallest absolute Gasteiger partial charge is 0.225 e. The number of carbonyl (C=O) groups is 1. The van der Waals surface area contributed by atoms with E-state index in [1.54, 1.807) is 18.7 Å². The van der Waals surface area contributed by atoms with Crippen molar-refractivity contribution >= 4 is 28.5 Å². The number of carbonyl (C=O) groups excluding carboxylic acids is 1. The van der Waals surface area contributed by atoms with E-state index < -0.39 is 0 Å². The van der Waals surface area contributed by atoms with E-state index in [1.807, 2.05) is 59.5 Å². The molecule has 5 nitrogen and oxygen atoms in total. The van der Waals surface area contributed by atoms with Crippen molar-refractivity contribution in [3.8, 4) is 11.5 Å². The van der Waals surface area contributed by atoms with E-state index in [9.17, 15) is 4.79 Å². The Kier molecular flexibility index (Phi) is 7.74. The number of benzene rings is 2. The van der Waals surface area contributed by atoms with Gasteiger partial charge in [0.25, 0.3) is 0 Å². The molecular weight excluding hydrogens is 418 g/mol. The second-order valence-electron chi connectivity index (χ2n) is 8.49. The van der Waals surface area contributed by atoms with E-state index in [2.05, 4.69) is 11.8 Å².